The predicted octanol–water partition coefficient (Wildman–Crippen LogP) is 14.4. The number of carbonyl (C=O) groups is 5. The van der Waals surface area contributed by atoms with Crippen molar-refractivity contribution < 1.29 is 52.8 Å². The Balaban J connectivity index is 0.000000161. The largest absolute Gasteiger partial charge is 0.459 e. The van der Waals surface area contributed by atoms with Gasteiger partial charge in [0.05, 0.1) is 33.7 Å². The molecule has 11 fully saturated rings. The summed E-state index contributed by atoms with van der Waals surface area (Å²) in [6, 6.07) is 0. The summed E-state index contributed by atoms with van der Waals surface area (Å²) < 4.78 is 29.3. The van der Waals surface area contributed by atoms with E-state index in [0.29, 0.717) is 41.9 Å². The van der Waals surface area contributed by atoms with Gasteiger partial charge in [0.25, 0.3) is 0 Å². The predicted molar refractivity (Wildman–Crippen MR) is 289 cm³/mol. The minimum atomic E-state index is -0.682. The van der Waals surface area contributed by atoms with Gasteiger partial charge in [-0.2, -0.15) is 0 Å². The first-order chi connectivity index (χ1) is 34.3. The first-order valence-electron chi connectivity index (χ1n) is 30.1. The highest BCUT2D eigenvalue weighted by atomic mass is 16.6. The zero-order chi connectivity index (χ0) is 55.1. The summed E-state index contributed by atoms with van der Waals surface area (Å²) in [4.78, 5) is 61.0. The minimum absolute atomic E-state index is 0.0226. The van der Waals surface area contributed by atoms with Gasteiger partial charge in [-0.3, -0.25) is 24.0 Å². The van der Waals surface area contributed by atoms with E-state index >= 15 is 0 Å². The molecule has 0 aromatic rings. The van der Waals surface area contributed by atoms with Crippen LogP contribution in [0.5, 0.6) is 0 Å². The van der Waals surface area contributed by atoms with Crippen molar-refractivity contribution in [2.24, 2.45) is 69.0 Å². The molecule has 0 aromatic carbocycles. The summed E-state index contributed by atoms with van der Waals surface area (Å²) in [6.45, 7) is 32.6. The number of esters is 5. The third-order valence-electron chi connectivity index (χ3n) is 21.3. The highest BCUT2D eigenvalue weighted by Crippen LogP contribution is 2.63. The molecule has 8 bridgehead atoms. The number of ether oxygens (including phenoxy) is 5. The van der Waals surface area contributed by atoms with Crippen LogP contribution in [0.1, 0.15) is 265 Å². The van der Waals surface area contributed by atoms with Crippen LogP contribution in [-0.4, -0.2) is 69.1 Å². The van der Waals surface area contributed by atoms with Crippen molar-refractivity contribution in [2.75, 3.05) is 0 Å². The van der Waals surface area contributed by atoms with Crippen molar-refractivity contribution in [3.63, 3.8) is 0 Å². The summed E-state index contributed by atoms with van der Waals surface area (Å²) in [5, 5.41) is 10.6. The van der Waals surface area contributed by atoms with E-state index in [9.17, 15) is 29.1 Å². The summed E-state index contributed by atoms with van der Waals surface area (Å²) in [7, 11) is 0. The van der Waals surface area contributed by atoms with Crippen LogP contribution < -0.4 is 0 Å². The lowest BCUT2D eigenvalue weighted by atomic mass is 9.47. The average molecular weight is 1040 g/mol. The molecular weight excluding hydrogens is 933 g/mol. The number of fused-ring (bicyclic) bond motifs is 1. The molecule has 4 atom stereocenters. The van der Waals surface area contributed by atoms with Crippen LogP contribution in [0.2, 0.25) is 0 Å². The second-order valence-corrected chi connectivity index (χ2v) is 29.1. The summed E-state index contributed by atoms with van der Waals surface area (Å²) in [5.74, 6) is 4.52. The van der Waals surface area contributed by atoms with Gasteiger partial charge in [-0.1, -0.05) is 55.4 Å². The fraction of sp³-hybridized carbons (Fsp3) is 0.921. The lowest BCUT2D eigenvalue weighted by molar-refractivity contribution is -0.231. The molecule has 0 aromatic heterocycles. The Morgan fingerprint density at radius 3 is 1.41 bits per heavy atom. The number of aliphatic hydroxyl groups is 1. The molecular formula is C63H106O11. The molecule has 1 saturated heterocycles. The molecule has 1 aliphatic heterocycles. The SMILES string of the molecule is CCC(C)(C)C(=O)OC1(C(C)C)C2CC3CC(C2)CC1C3.CCC(C)(C)C(=O)OC1(C(C)C)CCCC1.CCC(C)(C)C(=O)OC12CC3CC(CC(O)(C3)C1)C2.CCC(C)(C)C(=O)OC12CCCCC1OC(=O)C2. The Hall–Kier alpha value is -2.69. The van der Waals surface area contributed by atoms with E-state index in [1.165, 1.54) is 51.4 Å². The van der Waals surface area contributed by atoms with E-state index in [4.69, 9.17) is 23.7 Å². The molecule has 10 saturated carbocycles. The molecule has 1 heterocycles. The van der Waals surface area contributed by atoms with E-state index in [-0.39, 0.29) is 70.0 Å². The van der Waals surface area contributed by atoms with Gasteiger partial charge in [0.2, 0.25) is 0 Å². The molecule has 11 aliphatic rings. The van der Waals surface area contributed by atoms with Crippen molar-refractivity contribution in [1.82, 2.24) is 0 Å². The first-order valence-corrected chi connectivity index (χ1v) is 30.1. The van der Waals surface area contributed by atoms with Gasteiger partial charge >= 0.3 is 29.8 Å². The Morgan fingerprint density at radius 1 is 0.554 bits per heavy atom. The van der Waals surface area contributed by atoms with Crippen molar-refractivity contribution in [3.8, 4) is 0 Å². The molecule has 0 spiro atoms. The molecule has 11 heteroatoms. The molecule has 11 rings (SSSR count). The third-order valence-corrected chi connectivity index (χ3v) is 21.3. The van der Waals surface area contributed by atoms with E-state index in [1.807, 2.05) is 76.2 Å². The lowest BCUT2D eigenvalue weighted by Gasteiger charge is -2.62. The van der Waals surface area contributed by atoms with Crippen LogP contribution in [0, 0.1) is 69.0 Å². The maximum absolute atomic E-state index is 12.8. The van der Waals surface area contributed by atoms with Crippen molar-refractivity contribution in [3.05, 3.63) is 0 Å². The van der Waals surface area contributed by atoms with Crippen LogP contribution >= 0.6 is 0 Å². The first kappa shape index (κ1) is 60.5. The monoisotopic (exact) mass is 1040 g/mol. The maximum Gasteiger partial charge on any atom is 0.312 e. The van der Waals surface area contributed by atoms with Crippen molar-refractivity contribution in [2.45, 2.75) is 299 Å². The smallest absolute Gasteiger partial charge is 0.312 e. The molecule has 10 aliphatic carbocycles. The van der Waals surface area contributed by atoms with Gasteiger partial charge in [0.1, 0.15) is 22.9 Å². The highest BCUT2D eigenvalue weighted by Gasteiger charge is 2.62. The highest BCUT2D eigenvalue weighted by molar-refractivity contribution is 5.79. The number of hydrogen-bond donors (Lipinski definition) is 1. The fourth-order valence-electron chi connectivity index (χ4n) is 15.2. The van der Waals surface area contributed by atoms with E-state index in [2.05, 4.69) is 34.6 Å². The standard InChI is InChI=1S/C19H32O2.C16H26O3.C14H22O4.C14H26O2/c1-6-18(4,5)17(20)21-19(12(2)3)15-8-13-7-14(10-15)11-16(19)9-13;1-4-14(2,3)13(17)19-16-8-11-5-12(9-16)7-15(18,6-11)10-16;1-4-13(2,3)12(16)18-14-8-6-5-7-10(14)17-11(15)9-14;1-6-13(4,5)12(15)16-14(11(2)3)9-7-8-10-14/h12-16H,6-11H2,1-5H3;11-12,18H,4-10H2,1-3H3;10H,4-9H2,1-3H3;11H,6-10H2,1-5H3. The van der Waals surface area contributed by atoms with Crippen molar-refractivity contribution in [1.29, 1.82) is 0 Å². The number of carbonyl (C=O) groups excluding carboxylic acids is 5. The Morgan fingerprint density at radius 2 is 0.973 bits per heavy atom. The summed E-state index contributed by atoms with van der Waals surface area (Å²) >= 11 is 0. The van der Waals surface area contributed by atoms with E-state index in [0.717, 1.165) is 102 Å². The van der Waals surface area contributed by atoms with E-state index < -0.39 is 22.0 Å². The lowest BCUT2D eigenvalue weighted by Crippen LogP contribution is -2.63. The molecule has 424 valence electrons. The fourth-order valence-corrected chi connectivity index (χ4v) is 15.2. The van der Waals surface area contributed by atoms with E-state index in [1.54, 1.807) is 0 Å². The summed E-state index contributed by atoms with van der Waals surface area (Å²) in [6.07, 6.45) is 23.5. The van der Waals surface area contributed by atoms with Crippen LogP contribution in [0.4, 0.5) is 0 Å². The second kappa shape index (κ2) is 22.6. The van der Waals surface area contributed by atoms with Crippen LogP contribution in [-0.2, 0) is 47.7 Å². The zero-order valence-corrected chi connectivity index (χ0v) is 49.7. The van der Waals surface area contributed by atoms with Gasteiger partial charge < -0.3 is 28.8 Å². The van der Waals surface area contributed by atoms with Crippen LogP contribution in [0.3, 0.4) is 0 Å². The molecule has 0 radical (unpaired) electrons. The maximum atomic E-state index is 12.8. The molecule has 11 nitrogen and oxygen atoms in total. The quantitative estimate of drug-likeness (QED) is 0.131. The van der Waals surface area contributed by atoms with Crippen LogP contribution in [0.25, 0.3) is 0 Å². The average Bonchev–Trinajstić information content (AvgIpc) is 3.93. The Bertz CT molecular complexity index is 1940. The summed E-state index contributed by atoms with van der Waals surface area (Å²) in [5.41, 5.74) is -3.54. The second-order valence-electron chi connectivity index (χ2n) is 29.1. The number of hydrogen-bond acceptors (Lipinski definition) is 11. The van der Waals surface area contributed by atoms with Gasteiger partial charge in [-0.25, -0.2) is 0 Å². The third kappa shape index (κ3) is 12.7. The Labute approximate surface area is 449 Å². The van der Waals surface area contributed by atoms with Gasteiger partial charge in [-0.05, 0) is 244 Å². The van der Waals surface area contributed by atoms with Gasteiger partial charge in [0, 0.05) is 6.42 Å². The van der Waals surface area contributed by atoms with Gasteiger partial charge in [0.15, 0.2) is 5.60 Å². The number of rotatable bonds is 14. The minimum Gasteiger partial charge on any atom is -0.459 e. The molecule has 1 N–H and O–H groups in total. The topological polar surface area (TPSA) is 152 Å². The van der Waals surface area contributed by atoms with Crippen LogP contribution in [0.15, 0.2) is 0 Å². The zero-order valence-electron chi connectivity index (χ0n) is 49.7. The Kier molecular flexibility index (Phi) is 18.5. The molecule has 4 unspecified atom stereocenters. The van der Waals surface area contributed by atoms with Crippen molar-refractivity contribution >= 4 is 29.8 Å². The van der Waals surface area contributed by atoms with Gasteiger partial charge in [-0.15, -0.1) is 0 Å². The normalized spacial score (nSPS) is 35.3. The molecule has 0 amide bonds. The molecule has 74 heavy (non-hydrogen) atoms.